The van der Waals surface area contributed by atoms with Gasteiger partial charge in [0, 0.05) is 20.5 Å². The summed E-state index contributed by atoms with van der Waals surface area (Å²) in [5.74, 6) is -0.525. The van der Waals surface area contributed by atoms with Gasteiger partial charge in [-0.05, 0) is 71.5 Å². The molecule has 3 aromatic rings. The normalized spacial score (nSPS) is 14.8. The Labute approximate surface area is 239 Å². The minimum atomic E-state index is -0.612. The Bertz CT molecular complexity index is 1450. The molecule has 3 N–H and O–H groups in total. The van der Waals surface area contributed by atoms with Gasteiger partial charge < -0.3 is 20.7 Å². The predicted molar refractivity (Wildman–Crippen MR) is 160 cm³/mol. The van der Waals surface area contributed by atoms with Crippen LogP contribution in [-0.2, 0) is 9.59 Å². The summed E-state index contributed by atoms with van der Waals surface area (Å²) in [7, 11) is 1.54. The maximum absolute atomic E-state index is 13.6. The highest BCUT2D eigenvalue weighted by Crippen LogP contribution is 2.41. The van der Waals surface area contributed by atoms with Gasteiger partial charge in [-0.1, -0.05) is 54.2 Å². The molecule has 0 radical (unpaired) electrons. The highest BCUT2D eigenvalue weighted by atomic mass is 127. The average Bonchev–Trinajstić information content (AvgIpc) is 2.93. The van der Waals surface area contributed by atoms with E-state index in [4.69, 9.17) is 4.74 Å². The quantitative estimate of drug-likeness (QED) is 0.262. The third kappa shape index (κ3) is 6.38. The van der Waals surface area contributed by atoms with Crippen molar-refractivity contribution in [2.45, 2.75) is 12.8 Å². The van der Waals surface area contributed by atoms with E-state index in [9.17, 15) is 14.9 Å². The molecule has 1 aliphatic heterocycles. The van der Waals surface area contributed by atoms with Crippen LogP contribution in [-0.4, -0.2) is 24.7 Å². The van der Waals surface area contributed by atoms with E-state index in [1.54, 1.807) is 26.2 Å². The molecule has 1 heterocycles. The zero-order valence-electron chi connectivity index (χ0n) is 20.7. The van der Waals surface area contributed by atoms with Crippen molar-refractivity contribution in [3.05, 3.63) is 110 Å². The van der Waals surface area contributed by atoms with Crippen LogP contribution >= 0.6 is 34.4 Å². The van der Waals surface area contributed by atoms with Crippen molar-refractivity contribution in [2.75, 3.05) is 23.5 Å². The van der Waals surface area contributed by atoms with Gasteiger partial charge in [0.15, 0.2) is 0 Å². The van der Waals surface area contributed by atoms with Gasteiger partial charge in [-0.2, -0.15) is 5.26 Å². The van der Waals surface area contributed by atoms with Gasteiger partial charge in [0.1, 0.15) is 5.75 Å². The number of allylic oxidation sites excluding steroid dienone is 2. The fourth-order valence-electron chi connectivity index (χ4n) is 4.11. The van der Waals surface area contributed by atoms with E-state index in [0.29, 0.717) is 39.0 Å². The fourth-order valence-corrected chi connectivity index (χ4v) is 5.36. The molecule has 1 atom stereocenters. The lowest BCUT2D eigenvalue weighted by Gasteiger charge is -2.30. The van der Waals surface area contributed by atoms with Crippen molar-refractivity contribution < 1.29 is 14.3 Å². The van der Waals surface area contributed by atoms with Crippen LogP contribution in [0.15, 0.2) is 101 Å². The molecule has 0 saturated carbocycles. The first-order chi connectivity index (χ1) is 18.4. The molecule has 7 nitrogen and oxygen atoms in total. The van der Waals surface area contributed by atoms with E-state index >= 15 is 0 Å². The molecular weight excluding hydrogens is 611 g/mol. The number of hydrogen-bond acceptors (Lipinski definition) is 6. The van der Waals surface area contributed by atoms with Crippen LogP contribution in [0.1, 0.15) is 18.4 Å². The molecule has 0 fully saturated rings. The Morgan fingerprint density at radius 3 is 2.39 bits per heavy atom. The molecule has 9 heteroatoms. The number of rotatable bonds is 8. The molecule has 0 bridgehead atoms. The number of nitrogens with zero attached hydrogens (tertiary/aromatic N) is 1. The highest BCUT2D eigenvalue weighted by Gasteiger charge is 2.35. The van der Waals surface area contributed by atoms with Gasteiger partial charge in [0.05, 0.1) is 41.1 Å². The standard InChI is InChI=1S/C29H25IN4O3S/c1-18-26(28(36)34-23-10-6-7-11-24(23)37-2)27(19-8-4-3-5-9-19)22(16-31)29(32-18)38-17-25(35)33-21-14-12-20(30)13-15-21/h3-15,27,32H,17H2,1-2H3,(H,33,35)(H,34,36)/t27-/m1/s1. The van der Waals surface area contributed by atoms with Crippen molar-refractivity contribution in [3.63, 3.8) is 0 Å². The Morgan fingerprint density at radius 1 is 1.03 bits per heavy atom. The van der Waals surface area contributed by atoms with Crippen LogP contribution in [0.25, 0.3) is 0 Å². The number of anilines is 2. The minimum absolute atomic E-state index is 0.0943. The Balaban J connectivity index is 1.61. The van der Waals surface area contributed by atoms with Gasteiger partial charge in [-0.15, -0.1) is 0 Å². The molecule has 192 valence electrons. The van der Waals surface area contributed by atoms with Crippen LogP contribution in [0.3, 0.4) is 0 Å². The van der Waals surface area contributed by atoms with E-state index < -0.39 is 5.92 Å². The second kappa shape index (κ2) is 12.7. The number of thioether (sulfide) groups is 1. The van der Waals surface area contributed by atoms with Crippen LogP contribution in [0.2, 0.25) is 0 Å². The van der Waals surface area contributed by atoms with Gasteiger partial charge in [0.2, 0.25) is 5.91 Å². The van der Waals surface area contributed by atoms with Gasteiger partial charge in [0.25, 0.3) is 5.91 Å². The topological polar surface area (TPSA) is 103 Å². The summed E-state index contributed by atoms with van der Waals surface area (Å²) in [6.45, 7) is 1.80. The molecule has 4 rings (SSSR count). The number of dihydropyridines is 1. The van der Waals surface area contributed by atoms with Crippen LogP contribution < -0.4 is 20.7 Å². The summed E-state index contributed by atoms with van der Waals surface area (Å²) >= 11 is 3.44. The molecule has 3 aromatic carbocycles. The lowest BCUT2D eigenvalue weighted by atomic mass is 9.82. The van der Waals surface area contributed by atoms with E-state index in [2.05, 4.69) is 44.6 Å². The van der Waals surface area contributed by atoms with E-state index in [1.807, 2.05) is 66.7 Å². The number of nitriles is 1. The molecule has 0 aliphatic carbocycles. The zero-order valence-corrected chi connectivity index (χ0v) is 23.7. The maximum Gasteiger partial charge on any atom is 0.254 e. The van der Waals surface area contributed by atoms with Crippen molar-refractivity contribution >= 4 is 57.5 Å². The number of carbonyl (C=O) groups is 2. The SMILES string of the molecule is COc1ccccc1NC(=O)C1=C(C)NC(SCC(=O)Nc2ccc(I)cc2)=C(C#N)[C@H]1c1ccccc1. The Morgan fingerprint density at radius 2 is 1.71 bits per heavy atom. The van der Waals surface area contributed by atoms with Gasteiger partial charge in [-0.3, -0.25) is 9.59 Å². The molecular formula is C29H25IN4O3S. The zero-order chi connectivity index (χ0) is 27.1. The number of amides is 2. The third-order valence-corrected chi connectivity index (χ3v) is 7.59. The van der Waals surface area contributed by atoms with Crippen molar-refractivity contribution in [1.82, 2.24) is 5.32 Å². The smallest absolute Gasteiger partial charge is 0.254 e. The van der Waals surface area contributed by atoms with E-state index in [0.717, 1.165) is 9.13 Å². The van der Waals surface area contributed by atoms with E-state index in [-0.39, 0.29) is 17.6 Å². The Hall–Kier alpha value is -3.75. The molecule has 2 amide bonds. The first kappa shape index (κ1) is 27.3. The first-order valence-corrected chi connectivity index (χ1v) is 13.8. The molecule has 0 saturated heterocycles. The number of hydrogen-bond donors (Lipinski definition) is 3. The summed E-state index contributed by atoms with van der Waals surface area (Å²) in [5.41, 5.74) is 3.44. The lowest BCUT2D eigenvalue weighted by Crippen LogP contribution is -2.31. The van der Waals surface area contributed by atoms with Crippen molar-refractivity contribution in [2.24, 2.45) is 0 Å². The summed E-state index contributed by atoms with van der Waals surface area (Å²) in [5, 5.41) is 19.8. The average molecular weight is 637 g/mol. The third-order valence-electron chi connectivity index (χ3n) is 5.86. The van der Waals surface area contributed by atoms with Crippen molar-refractivity contribution in [3.8, 4) is 11.8 Å². The molecule has 0 aromatic heterocycles. The number of halogens is 1. The monoisotopic (exact) mass is 636 g/mol. The fraction of sp³-hybridized carbons (Fsp3) is 0.138. The molecule has 0 spiro atoms. The summed E-state index contributed by atoms with van der Waals surface area (Å²) in [6.07, 6.45) is 0. The number of ether oxygens (including phenoxy) is 1. The first-order valence-electron chi connectivity index (χ1n) is 11.7. The van der Waals surface area contributed by atoms with E-state index in [1.165, 1.54) is 11.8 Å². The number of benzene rings is 3. The van der Waals surface area contributed by atoms with Crippen LogP contribution in [0.5, 0.6) is 5.75 Å². The van der Waals surface area contributed by atoms with Crippen LogP contribution in [0, 0.1) is 14.9 Å². The largest absolute Gasteiger partial charge is 0.495 e. The van der Waals surface area contributed by atoms with Gasteiger partial charge >= 0.3 is 0 Å². The predicted octanol–water partition coefficient (Wildman–Crippen LogP) is 6.01. The number of nitrogens with one attached hydrogen (secondary N) is 3. The second-order valence-corrected chi connectivity index (χ2v) is 10.6. The lowest BCUT2D eigenvalue weighted by molar-refractivity contribution is -0.114. The number of methoxy groups -OCH3 is 1. The second-order valence-electron chi connectivity index (χ2n) is 8.36. The molecule has 1 aliphatic rings. The summed E-state index contributed by atoms with van der Waals surface area (Å²) in [4.78, 5) is 26.3. The Kier molecular flexibility index (Phi) is 9.10. The number of para-hydroxylation sites is 2. The highest BCUT2D eigenvalue weighted by molar-refractivity contribution is 14.1. The molecule has 38 heavy (non-hydrogen) atoms. The maximum atomic E-state index is 13.6. The summed E-state index contributed by atoms with van der Waals surface area (Å²) in [6, 6.07) is 26.4. The van der Waals surface area contributed by atoms with Crippen molar-refractivity contribution in [1.29, 1.82) is 5.26 Å². The summed E-state index contributed by atoms with van der Waals surface area (Å²) < 4.78 is 6.46. The van der Waals surface area contributed by atoms with Crippen LogP contribution in [0.4, 0.5) is 11.4 Å². The number of carbonyl (C=O) groups excluding carboxylic acids is 2. The van der Waals surface area contributed by atoms with Gasteiger partial charge in [-0.25, -0.2) is 0 Å². The molecule has 0 unspecified atom stereocenters. The minimum Gasteiger partial charge on any atom is -0.495 e.